The topological polar surface area (TPSA) is 93.7 Å². The van der Waals surface area contributed by atoms with Gasteiger partial charge in [-0.2, -0.15) is 18.3 Å². The zero-order valence-electron chi connectivity index (χ0n) is 18.3. The molecule has 5 rings (SSSR count). The molecule has 10 heteroatoms. The van der Waals surface area contributed by atoms with Gasteiger partial charge in [-0.25, -0.2) is 14.6 Å². The van der Waals surface area contributed by atoms with Gasteiger partial charge in [0.05, 0.1) is 17.0 Å². The first kappa shape index (κ1) is 22.1. The van der Waals surface area contributed by atoms with Crippen molar-refractivity contribution >= 4 is 22.5 Å². The first-order valence-corrected chi connectivity index (χ1v) is 11.1. The fourth-order valence-corrected chi connectivity index (χ4v) is 4.31. The van der Waals surface area contributed by atoms with Crippen molar-refractivity contribution in [3.05, 3.63) is 66.0 Å². The van der Waals surface area contributed by atoms with Gasteiger partial charge in [-0.05, 0) is 55.8 Å². The predicted octanol–water partition coefficient (Wildman–Crippen LogP) is 4.63. The Labute approximate surface area is 194 Å². The smallest absolute Gasteiger partial charge is 0.383 e. The monoisotopic (exact) mass is 467 g/mol. The Morgan fingerprint density at radius 2 is 1.82 bits per heavy atom. The van der Waals surface area contributed by atoms with Crippen molar-refractivity contribution in [3.8, 4) is 11.3 Å². The minimum absolute atomic E-state index is 0.236. The van der Waals surface area contributed by atoms with Crippen LogP contribution in [0.15, 0.2) is 54.9 Å². The van der Waals surface area contributed by atoms with Crippen LogP contribution in [-0.4, -0.2) is 32.8 Å². The standard InChI is InChI=1S/C24H24F3N7/c25-24(26,27)17-3-1-2-15(12-17)13-30-18-6-4-16(5-7-18)21-20-22(28)31-14-32-23(20)34(33-21)19-8-10-29-11-9-19/h1-7,12,14,19,29-30H,8-11,13H2,(H2,28,31,32). The van der Waals surface area contributed by atoms with Gasteiger partial charge < -0.3 is 16.4 Å². The third kappa shape index (κ3) is 4.41. The van der Waals surface area contributed by atoms with E-state index in [0.29, 0.717) is 11.4 Å². The molecule has 1 saturated heterocycles. The van der Waals surface area contributed by atoms with Gasteiger partial charge in [-0.1, -0.05) is 24.3 Å². The van der Waals surface area contributed by atoms with Crippen molar-refractivity contribution in [2.75, 3.05) is 24.1 Å². The molecule has 1 fully saturated rings. The maximum atomic E-state index is 12.9. The molecular formula is C24H24F3N7. The van der Waals surface area contributed by atoms with Gasteiger partial charge >= 0.3 is 6.18 Å². The van der Waals surface area contributed by atoms with Crippen LogP contribution in [0.4, 0.5) is 24.7 Å². The van der Waals surface area contributed by atoms with Crippen molar-refractivity contribution < 1.29 is 13.2 Å². The lowest BCUT2D eigenvalue weighted by Gasteiger charge is -2.23. The molecule has 0 unspecified atom stereocenters. The fraction of sp³-hybridized carbons (Fsp3) is 0.292. The van der Waals surface area contributed by atoms with Crippen LogP contribution in [0.1, 0.15) is 30.0 Å². The van der Waals surface area contributed by atoms with Crippen LogP contribution in [0.25, 0.3) is 22.3 Å². The van der Waals surface area contributed by atoms with Crippen LogP contribution in [0, 0.1) is 0 Å². The van der Waals surface area contributed by atoms with Crippen molar-refractivity contribution in [2.24, 2.45) is 0 Å². The molecule has 0 bridgehead atoms. The predicted molar refractivity (Wildman–Crippen MR) is 125 cm³/mol. The van der Waals surface area contributed by atoms with Crippen molar-refractivity contribution in [1.29, 1.82) is 0 Å². The van der Waals surface area contributed by atoms with E-state index in [1.54, 1.807) is 6.07 Å². The van der Waals surface area contributed by atoms with E-state index >= 15 is 0 Å². The molecule has 2 aromatic heterocycles. The molecule has 2 aromatic carbocycles. The molecule has 4 N–H and O–H groups in total. The number of benzene rings is 2. The maximum Gasteiger partial charge on any atom is 0.416 e. The number of anilines is 2. The van der Waals surface area contributed by atoms with Gasteiger partial charge in [0.15, 0.2) is 5.65 Å². The third-order valence-corrected chi connectivity index (χ3v) is 6.08. The van der Waals surface area contributed by atoms with Gasteiger partial charge in [0.25, 0.3) is 0 Å². The van der Waals surface area contributed by atoms with Crippen molar-refractivity contribution in [2.45, 2.75) is 31.6 Å². The molecule has 0 radical (unpaired) electrons. The molecule has 0 amide bonds. The number of nitrogens with zero attached hydrogens (tertiary/aromatic N) is 4. The Bertz CT molecular complexity index is 1290. The number of hydrogen-bond donors (Lipinski definition) is 3. The summed E-state index contributed by atoms with van der Waals surface area (Å²) in [4.78, 5) is 8.63. The number of rotatable bonds is 5. The lowest BCUT2D eigenvalue weighted by molar-refractivity contribution is -0.137. The number of nitrogens with two attached hydrogens (primary N) is 1. The molecular weight excluding hydrogens is 443 g/mol. The third-order valence-electron chi connectivity index (χ3n) is 6.08. The number of piperidine rings is 1. The highest BCUT2D eigenvalue weighted by molar-refractivity contribution is 5.98. The van der Waals surface area contributed by atoms with Crippen LogP contribution in [-0.2, 0) is 12.7 Å². The van der Waals surface area contributed by atoms with Crippen molar-refractivity contribution in [1.82, 2.24) is 25.1 Å². The quantitative estimate of drug-likeness (QED) is 0.396. The molecule has 0 saturated carbocycles. The first-order valence-electron chi connectivity index (χ1n) is 11.1. The van der Waals surface area contributed by atoms with E-state index < -0.39 is 11.7 Å². The molecule has 0 atom stereocenters. The van der Waals surface area contributed by atoms with Gasteiger partial charge in [-0.15, -0.1) is 0 Å². The number of hydrogen-bond acceptors (Lipinski definition) is 6. The highest BCUT2D eigenvalue weighted by Gasteiger charge is 2.30. The summed E-state index contributed by atoms with van der Waals surface area (Å²) in [5.74, 6) is 0.381. The largest absolute Gasteiger partial charge is 0.416 e. The average molecular weight is 467 g/mol. The van der Waals surface area contributed by atoms with E-state index in [4.69, 9.17) is 10.8 Å². The summed E-state index contributed by atoms with van der Waals surface area (Å²) in [7, 11) is 0. The molecule has 0 aliphatic carbocycles. The molecule has 7 nitrogen and oxygen atoms in total. The van der Waals surface area contributed by atoms with Gasteiger partial charge in [0, 0.05) is 17.8 Å². The van der Waals surface area contributed by atoms with E-state index in [-0.39, 0.29) is 12.6 Å². The zero-order valence-corrected chi connectivity index (χ0v) is 18.3. The number of aromatic nitrogens is 4. The summed E-state index contributed by atoms with van der Waals surface area (Å²) in [5.41, 5.74) is 9.20. The van der Waals surface area contributed by atoms with Gasteiger partial charge in [-0.3, -0.25) is 0 Å². The second kappa shape index (κ2) is 8.94. The van der Waals surface area contributed by atoms with E-state index in [1.807, 2.05) is 28.9 Å². The molecule has 176 valence electrons. The minimum Gasteiger partial charge on any atom is -0.383 e. The average Bonchev–Trinajstić information content (AvgIpc) is 3.24. The molecule has 4 aromatic rings. The van der Waals surface area contributed by atoms with E-state index in [2.05, 4.69) is 20.6 Å². The lowest BCUT2D eigenvalue weighted by Crippen LogP contribution is -2.30. The van der Waals surface area contributed by atoms with Gasteiger partial charge in [0.1, 0.15) is 17.8 Å². The summed E-state index contributed by atoms with van der Waals surface area (Å²) in [6, 6.07) is 13.1. The maximum absolute atomic E-state index is 12.9. The molecule has 34 heavy (non-hydrogen) atoms. The number of alkyl halides is 3. The second-order valence-corrected chi connectivity index (χ2v) is 8.36. The van der Waals surface area contributed by atoms with Crippen molar-refractivity contribution in [3.63, 3.8) is 0 Å². The summed E-state index contributed by atoms with van der Waals surface area (Å²) in [5, 5.41) is 12.1. The van der Waals surface area contributed by atoms with E-state index in [9.17, 15) is 13.2 Å². The SMILES string of the molecule is Nc1ncnc2c1c(-c1ccc(NCc3cccc(C(F)(F)F)c3)cc1)nn2C1CCNCC1. The van der Waals surface area contributed by atoms with Crippen LogP contribution in [0.2, 0.25) is 0 Å². The van der Waals surface area contributed by atoms with Crippen LogP contribution in [0.3, 0.4) is 0 Å². The molecule has 1 aliphatic heterocycles. The highest BCUT2D eigenvalue weighted by Crippen LogP contribution is 2.34. The van der Waals surface area contributed by atoms with Crippen LogP contribution in [0.5, 0.6) is 0 Å². The summed E-state index contributed by atoms with van der Waals surface area (Å²) in [6.07, 6.45) is -0.984. The Hall–Kier alpha value is -3.66. The minimum atomic E-state index is -4.36. The van der Waals surface area contributed by atoms with E-state index in [0.717, 1.165) is 66.0 Å². The van der Waals surface area contributed by atoms with E-state index in [1.165, 1.54) is 12.4 Å². The van der Waals surface area contributed by atoms with Crippen LogP contribution >= 0.6 is 0 Å². The fourth-order valence-electron chi connectivity index (χ4n) is 4.31. The Kier molecular flexibility index (Phi) is 5.82. The number of halogens is 3. The van der Waals surface area contributed by atoms with Gasteiger partial charge in [0.2, 0.25) is 0 Å². The number of nitrogen functional groups attached to an aromatic ring is 1. The second-order valence-electron chi connectivity index (χ2n) is 8.36. The molecule has 1 aliphatic rings. The molecule has 0 spiro atoms. The van der Waals surface area contributed by atoms with Crippen LogP contribution < -0.4 is 16.4 Å². The normalized spacial score (nSPS) is 15.0. The summed E-state index contributed by atoms with van der Waals surface area (Å²) < 4.78 is 40.8. The summed E-state index contributed by atoms with van der Waals surface area (Å²) >= 11 is 0. The number of fused-ring (bicyclic) bond motifs is 1. The Morgan fingerprint density at radius 3 is 2.56 bits per heavy atom. The zero-order chi connectivity index (χ0) is 23.7. The number of nitrogens with one attached hydrogen (secondary N) is 2. The lowest BCUT2D eigenvalue weighted by atomic mass is 10.1. The first-order chi connectivity index (χ1) is 16.4. The summed E-state index contributed by atoms with van der Waals surface area (Å²) in [6.45, 7) is 2.12. The Morgan fingerprint density at radius 1 is 1.06 bits per heavy atom. The molecule has 3 heterocycles. The Balaban J connectivity index is 1.39. The highest BCUT2D eigenvalue weighted by atomic mass is 19.4.